The van der Waals surface area contributed by atoms with Gasteiger partial charge < -0.3 is 18.9 Å². The molecule has 3 heterocycles. The molecule has 5 rings (SSSR count). The van der Waals surface area contributed by atoms with Gasteiger partial charge >= 0.3 is 11.9 Å². The van der Waals surface area contributed by atoms with Crippen LogP contribution >= 0.6 is 34.0 Å². The van der Waals surface area contributed by atoms with E-state index in [1.807, 2.05) is 58.3 Å². The van der Waals surface area contributed by atoms with E-state index in [2.05, 4.69) is 49.6 Å². The van der Waals surface area contributed by atoms with Gasteiger partial charge in [-0.1, -0.05) is 13.2 Å². The molecule has 0 fully saturated rings. The first kappa shape index (κ1) is 28.6. The topological polar surface area (TPSA) is 71.1 Å². The number of carbonyl (C=O) groups excluding carboxylic acids is 2. The van der Waals surface area contributed by atoms with Crippen LogP contribution in [0.5, 0.6) is 11.5 Å². The molecule has 0 aliphatic carbocycles. The summed E-state index contributed by atoms with van der Waals surface area (Å²) in [5.74, 6) is 0.747. The van der Waals surface area contributed by atoms with Crippen molar-refractivity contribution in [1.29, 1.82) is 0 Å². The number of benzene rings is 2. The zero-order chi connectivity index (χ0) is 28.6. The Morgan fingerprint density at radius 2 is 1.02 bits per heavy atom. The minimum Gasteiger partial charge on any atom is -0.493 e. The average molecular weight is 605 g/mol. The second-order valence-corrected chi connectivity index (χ2v) is 12.1. The Labute approximate surface area is 250 Å². The summed E-state index contributed by atoms with van der Waals surface area (Å²) in [7, 11) is 0. The summed E-state index contributed by atoms with van der Waals surface area (Å²) in [6.45, 7) is 8.33. The molecule has 5 aromatic rings. The molecule has 6 nitrogen and oxygen atoms in total. The van der Waals surface area contributed by atoms with E-state index in [1.165, 1.54) is 28.6 Å². The van der Waals surface area contributed by atoms with Crippen LogP contribution in [-0.2, 0) is 19.1 Å². The van der Waals surface area contributed by atoms with Crippen molar-refractivity contribution in [2.45, 2.75) is 12.8 Å². The largest absolute Gasteiger partial charge is 0.493 e. The molecule has 0 radical (unpaired) electrons. The molecule has 0 atom stereocenters. The fraction of sp³-hybridized carbons (Fsp3) is 0.188. The fourth-order valence-corrected chi connectivity index (χ4v) is 8.05. The van der Waals surface area contributed by atoms with E-state index in [-0.39, 0.29) is 0 Å². The molecule has 0 aliphatic rings. The predicted octanol–water partition coefficient (Wildman–Crippen LogP) is 8.51. The first-order valence-electron chi connectivity index (χ1n) is 13.0. The van der Waals surface area contributed by atoms with Crippen molar-refractivity contribution in [2.75, 3.05) is 26.4 Å². The minimum atomic E-state index is -0.416. The summed E-state index contributed by atoms with van der Waals surface area (Å²) in [5, 5.41) is 0. The number of thiophene rings is 3. The normalized spacial score (nSPS) is 10.9. The van der Waals surface area contributed by atoms with Crippen LogP contribution in [0.3, 0.4) is 0 Å². The highest BCUT2D eigenvalue weighted by molar-refractivity contribution is 7.40. The highest BCUT2D eigenvalue weighted by atomic mass is 32.1. The summed E-state index contributed by atoms with van der Waals surface area (Å²) >= 11 is 5.46. The van der Waals surface area contributed by atoms with Crippen LogP contribution in [-0.4, -0.2) is 38.4 Å². The summed E-state index contributed by atoms with van der Waals surface area (Å²) in [4.78, 5) is 24.6. The summed E-state index contributed by atoms with van der Waals surface area (Å²) in [5.41, 5.74) is 2.31. The molecule has 0 aliphatic heterocycles. The maximum atomic E-state index is 11.1. The van der Waals surface area contributed by atoms with E-state index in [9.17, 15) is 9.59 Å². The standard InChI is InChI=1S/C32H28O6S3/c1-3-29(33)37-17-5-15-35-23-11-7-21(8-12-23)25-19-27-31(40-25)32-28(39-27)20-26(41-32)22-9-13-24(14-10-22)36-16-6-18-38-30(34)4-2/h3-4,7-14,19-20H,1-2,5-6,15-18H2. The van der Waals surface area contributed by atoms with Crippen molar-refractivity contribution in [1.82, 2.24) is 0 Å². The lowest BCUT2D eigenvalue weighted by Gasteiger charge is -2.07. The van der Waals surface area contributed by atoms with E-state index in [0.29, 0.717) is 39.3 Å². The molecule has 0 saturated heterocycles. The van der Waals surface area contributed by atoms with Crippen LogP contribution in [0.4, 0.5) is 0 Å². The van der Waals surface area contributed by atoms with Crippen molar-refractivity contribution < 1.29 is 28.5 Å². The number of ether oxygens (including phenoxy) is 4. The molecule has 210 valence electrons. The van der Waals surface area contributed by atoms with E-state index >= 15 is 0 Å². The lowest BCUT2D eigenvalue weighted by molar-refractivity contribution is -0.138. The predicted molar refractivity (Wildman–Crippen MR) is 168 cm³/mol. The Bertz CT molecular complexity index is 1540. The Hall–Kier alpha value is -3.92. The SMILES string of the molecule is C=CC(=O)OCCCOc1ccc(-c2cc3sc4cc(-c5ccc(OCCCOC(=O)C=C)cc5)sc4c3s2)cc1. The van der Waals surface area contributed by atoms with Gasteiger partial charge in [0.1, 0.15) is 11.5 Å². The third-order valence-corrected chi connectivity index (χ3v) is 9.91. The zero-order valence-electron chi connectivity index (χ0n) is 22.3. The monoisotopic (exact) mass is 604 g/mol. The van der Waals surface area contributed by atoms with Crippen molar-refractivity contribution in [3.63, 3.8) is 0 Å². The van der Waals surface area contributed by atoms with Crippen LogP contribution in [0.1, 0.15) is 12.8 Å². The van der Waals surface area contributed by atoms with Gasteiger partial charge in [0.25, 0.3) is 0 Å². The van der Waals surface area contributed by atoms with Crippen molar-refractivity contribution in [2.24, 2.45) is 0 Å². The molecule has 0 bridgehead atoms. The van der Waals surface area contributed by atoms with Gasteiger partial charge in [-0.15, -0.1) is 34.0 Å². The molecule has 0 N–H and O–H groups in total. The van der Waals surface area contributed by atoms with E-state index in [4.69, 9.17) is 18.9 Å². The minimum absolute atomic E-state index is 0.311. The van der Waals surface area contributed by atoms with Gasteiger partial charge in [0.2, 0.25) is 0 Å². The lowest BCUT2D eigenvalue weighted by Crippen LogP contribution is -2.06. The Balaban J connectivity index is 1.18. The lowest BCUT2D eigenvalue weighted by atomic mass is 10.2. The van der Waals surface area contributed by atoms with Crippen LogP contribution in [0.15, 0.2) is 86.0 Å². The van der Waals surface area contributed by atoms with Crippen LogP contribution in [0.25, 0.3) is 39.7 Å². The summed E-state index contributed by atoms with van der Waals surface area (Å²) in [6.07, 6.45) is 3.56. The van der Waals surface area contributed by atoms with E-state index in [0.717, 1.165) is 34.8 Å². The van der Waals surface area contributed by atoms with Crippen molar-refractivity contribution >= 4 is 64.7 Å². The van der Waals surface area contributed by atoms with Gasteiger partial charge in [0, 0.05) is 44.1 Å². The quantitative estimate of drug-likeness (QED) is 0.0719. The second-order valence-electron chi connectivity index (χ2n) is 8.91. The number of carbonyl (C=O) groups is 2. The zero-order valence-corrected chi connectivity index (χ0v) is 24.7. The van der Waals surface area contributed by atoms with Gasteiger partial charge in [-0.3, -0.25) is 0 Å². The maximum absolute atomic E-state index is 11.1. The molecule has 41 heavy (non-hydrogen) atoms. The second kappa shape index (κ2) is 13.6. The molecule has 0 saturated carbocycles. The maximum Gasteiger partial charge on any atom is 0.330 e. The first-order chi connectivity index (χ1) is 20.0. The number of esters is 2. The molecule has 2 aromatic carbocycles. The number of fused-ring (bicyclic) bond motifs is 3. The van der Waals surface area contributed by atoms with Gasteiger partial charge in [0.15, 0.2) is 0 Å². The Morgan fingerprint density at radius 1 is 0.610 bits per heavy atom. The van der Waals surface area contributed by atoms with Gasteiger partial charge in [0.05, 0.1) is 35.8 Å². The highest BCUT2D eigenvalue weighted by Crippen LogP contribution is 2.48. The number of rotatable bonds is 14. The van der Waals surface area contributed by atoms with Gasteiger partial charge in [-0.05, 0) is 71.8 Å². The highest BCUT2D eigenvalue weighted by Gasteiger charge is 2.15. The molecular formula is C32H28O6S3. The van der Waals surface area contributed by atoms with E-state index in [1.54, 1.807) is 0 Å². The van der Waals surface area contributed by atoms with Crippen LogP contribution in [0.2, 0.25) is 0 Å². The average Bonchev–Trinajstić information content (AvgIpc) is 3.68. The first-order valence-corrected chi connectivity index (χ1v) is 15.5. The van der Waals surface area contributed by atoms with Gasteiger partial charge in [-0.2, -0.15) is 0 Å². The summed E-state index contributed by atoms with van der Waals surface area (Å²) < 4.78 is 26.7. The molecular weight excluding hydrogens is 577 g/mol. The molecule has 0 unspecified atom stereocenters. The smallest absolute Gasteiger partial charge is 0.330 e. The van der Waals surface area contributed by atoms with Crippen molar-refractivity contribution in [3.05, 3.63) is 86.0 Å². The summed E-state index contributed by atoms with van der Waals surface area (Å²) in [6, 6.07) is 20.8. The third-order valence-electron chi connectivity index (χ3n) is 6.04. The van der Waals surface area contributed by atoms with Crippen LogP contribution < -0.4 is 9.47 Å². The molecule has 3 aromatic heterocycles. The number of hydrogen-bond acceptors (Lipinski definition) is 9. The molecule has 9 heteroatoms. The van der Waals surface area contributed by atoms with Crippen LogP contribution in [0, 0.1) is 0 Å². The van der Waals surface area contributed by atoms with Gasteiger partial charge in [-0.25, -0.2) is 9.59 Å². The molecule has 0 amide bonds. The Kier molecular flexibility index (Phi) is 9.51. The number of hydrogen-bond donors (Lipinski definition) is 0. The molecule has 0 spiro atoms. The Morgan fingerprint density at radius 3 is 1.41 bits per heavy atom. The van der Waals surface area contributed by atoms with E-state index < -0.39 is 11.9 Å². The third kappa shape index (κ3) is 7.24. The fourth-order valence-electron chi connectivity index (χ4n) is 4.01. The van der Waals surface area contributed by atoms with Crippen molar-refractivity contribution in [3.8, 4) is 32.4 Å².